The first-order chi connectivity index (χ1) is 9.82. The Morgan fingerprint density at radius 3 is 2.76 bits per heavy atom. The Morgan fingerprint density at radius 1 is 1.43 bits per heavy atom. The Hall–Kier alpha value is -2.16. The molecule has 1 aromatic carbocycles. The molecular formula is C12H11F3N4OS. The van der Waals surface area contributed by atoms with Crippen molar-refractivity contribution in [1.29, 1.82) is 0 Å². The summed E-state index contributed by atoms with van der Waals surface area (Å²) < 4.78 is 42.4. The third-order valence-electron chi connectivity index (χ3n) is 2.69. The van der Waals surface area contributed by atoms with Crippen LogP contribution in [0.2, 0.25) is 0 Å². The van der Waals surface area contributed by atoms with Crippen molar-refractivity contribution in [2.24, 2.45) is 0 Å². The number of aryl methyl sites for hydroxylation is 1. The maximum absolute atomic E-state index is 12.9. The van der Waals surface area contributed by atoms with Crippen molar-refractivity contribution >= 4 is 28.8 Å². The molecule has 0 atom stereocenters. The lowest BCUT2D eigenvalue weighted by molar-refractivity contribution is -0.136. The molecule has 0 saturated heterocycles. The summed E-state index contributed by atoms with van der Waals surface area (Å²) in [7, 11) is 0. The number of anilines is 2. The molecule has 2 aromatic rings. The van der Waals surface area contributed by atoms with E-state index in [0.717, 1.165) is 23.7 Å². The van der Waals surface area contributed by atoms with Crippen LogP contribution in [0, 0.1) is 0 Å². The first-order valence-corrected chi connectivity index (χ1v) is 6.69. The summed E-state index contributed by atoms with van der Waals surface area (Å²) >= 11 is 0.839. The van der Waals surface area contributed by atoms with Crippen molar-refractivity contribution in [1.82, 2.24) is 9.59 Å². The van der Waals surface area contributed by atoms with Gasteiger partial charge in [-0.2, -0.15) is 13.2 Å². The Morgan fingerprint density at radius 2 is 2.14 bits per heavy atom. The zero-order valence-electron chi connectivity index (χ0n) is 10.9. The van der Waals surface area contributed by atoms with E-state index in [9.17, 15) is 18.0 Å². The summed E-state index contributed by atoms with van der Waals surface area (Å²) in [4.78, 5) is 12.2. The third-order valence-corrected chi connectivity index (χ3v) is 3.46. The molecule has 0 saturated carbocycles. The minimum Gasteiger partial charge on any atom is -0.399 e. The minimum atomic E-state index is -4.61. The van der Waals surface area contributed by atoms with Gasteiger partial charge in [0.25, 0.3) is 5.91 Å². The van der Waals surface area contributed by atoms with Gasteiger partial charge in [-0.1, -0.05) is 11.4 Å². The molecular weight excluding hydrogens is 305 g/mol. The Kier molecular flexibility index (Phi) is 4.12. The van der Waals surface area contributed by atoms with Gasteiger partial charge in [-0.25, -0.2) is 0 Å². The molecule has 0 radical (unpaired) electrons. The maximum atomic E-state index is 12.9. The molecule has 0 fully saturated rings. The highest BCUT2D eigenvalue weighted by Gasteiger charge is 2.34. The Balaban J connectivity index is 2.34. The largest absolute Gasteiger partial charge is 0.418 e. The summed E-state index contributed by atoms with van der Waals surface area (Å²) in [5.74, 6) is -0.669. The van der Waals surface area contributed by atoms with Crippen LogP contribution in [0.15, 0.2) is 18.2 Å². The quantitative estimate of drug-likeness (QED) is 0.853. The SMILES string of the molecule is CCc1nnsc1C(=O)Nc1ccc(N)cc1C(F)(F)F. The zero-order chi connectivity index (χ0) is 15.6. The van der Waals surface area contributed by atoms with Gasteiger partial charge in [0.1, 0.15) is 4.88 Å². The normalized spacial score (nSPS) is 11.4. The monoisotopic (exact) mass is 316 g/mol. The number of nitrogens with one attached hydrogen (secondary N) is 1. The summed E-state index contributed by atoms with van der Waals surface area (Å²) in [6.07, 6.45) is -4.15. The molecule has 1 aromatic heterocycles. The summed E-state index contributed by atoms with van der Waals surface area (Å²) in [5, 5.41) is 5.99. The average Bonchev–Trinajstić information content (AvgIpc) is 2.88. The van der Waals surface area contributed by atoms with E-state index in [1.165, 1.54) is 6.07 Å². The lowest BCUT2D eigenvalue weighted by Crippen LogP contribution is -2.17. The third kappa shape index (κ3) is 3.30. The highest BCUT2D eigenvalue weighted by molar-refractivity contribution is 7.08. The number of nitrogens with zero attached hydrogens (tertiary/aromatic N) is 2. The van der Waals surface area contributed by atoms with Crippen LogP contribution in [0.5, 0.6) is 0 Å². The molecule has 0 spiro atoms. The first-order valence-electron chi connectivity index (χ1n) is 5.92. The fourth-order valence-corrected chi connectivity index (χ4v) is 2.34. The van der Waals surface area contributed by atoms with Crippen molar-refractivity contribution in [3.63, 3.8) is 0 Å². The molecule has 0 aliphatic heterocycles. The highest BCUT2D eigenvalue weighted by Crippen LogP contribution is 2.36. The Bertz CT molecular complexity index is 669. The second kappa shape index (κ2) is 5.68. The standard InChI is InChI=1S/C12H11F3N4OS/c1-2-8-10(21-19-18-8)11(20)17-9-4-3-6(16)5-7(9)12(13,14)15/h3-5H,2,16H2,1H3,(H,17,20). The number of hydrogen-bond acceptors (Lipinski definition) is 5. The molecule has 112 valence electrons. The fraction of sp³-hybridized carbons (Fsp3) is 0.250. The van der Waals surface area contributed by atoms with Gasteiger partial charge >= 0.3 is 6.18 Å². The minimum absolute atomic E-state index is 0.0333. The number of nitrogen functional groups attached to an aromatic ring is 1. The molecule has 1 heterocycles. The second-order valence-corrected chi connectivity index (χ2v) is 4.91. The highest BCUT2D eigenvalue weighted by atomic mass is 32.1. The van der Waals surface area contributed by atoms with Crippen molar-refractivity contribution < 1.29 is 18.0 Å². The van der Waals surface area contributed by atoms with Crippen molar-refractivity contribution in [2.45, 2.75) is 19.5 Å². The van der Waals surface area contributed by atoms with Crippen LogP contribution in [0.3, 0.4) is 0 Å². The van der Waals surface area contributed by atoms with Gasteiger partial charge in [-0.05, 0) is 36.2 Å². The lowest BCUT2D eigenvalue weighted by atomic mass is 10.1. The number of alkyl halides is 3. The summed E-state index contributed by atoms with van der Waals surface area (Å²) in [5.41, 5.74) is 4.43. The number of aromatic nitrogens is 2. The number of amides is 1. The number of hydrogen-bond donors (Lipinski definition) is 2. The smallest absolute Gasteiger partial charge is 0.399 e. The van der Waals surface area contributed by atoms with E-state index >= 15 is 0 Å². The topological polar surface area (TPSA) is 80.9 Å². The predicted molar refractivity (Wildman–Crippen MR) is 73.1 cm³/mol. The molecule has 9 heteroatoms. The number of carbonyl (C=O) groups excluding carboxylic acids is 1. The van der Waals surface area contributed by atoms with Gasteiger partial charge in [0.2, 0.25) is 0 Å². The van der Waals surface area contributed by atoms with Crippen LogP contribution < -0.4 is 11.1 Å². The van der Waals surface area contributed by atoms with Gasteiger partial charge in [0.15, 0.2) is 0 Å². The first kappa shape index (κ1) is 15.2. The molecule has 0 aliphatic rings. The number of carbonyl (C=O) groups is 1. The van der Waals surface area contributed by atoms with Crippen LogP contribution >= 0.6 is 11.5 Å². The van der Waals surface area contributed by atoms with Crippen molar-refractivity contribution in [3.8, 4) is 0 Å². The van der Waals surface area contributed by atoms with Crippen LogP contribution in [0.4, 0.5) is 24.5 Å². The molecule has 2 rings (SSSR count). The molecule has 0 unspecified atom stereocenters. The number of benzene rings is 1. The van der Waals surface area contributed by atoms with E-state index in [2.05, 4.69) is 14.9 Å². The molecule has 3 N–H and O–H groups in total. The van der Waals surface area contributed by atoms with E-state index in [4.69, 9.17) is 5.73 Å². The van der Waals surface area contributed by atoms with Gasteiger partial charge in [-0.15, -0.1) is 5.10 Å². The molecule has 0 aliphatic carbocycles. The molecule has 1 amide bonds. The van der Waals surface area contributed by atoms with Gasteiger partial charge in [-0.3, -0.25) is 4.79 Å². The van der Waals surface area contributed by atoms with Crippen LogP contribution in [0.25, 0.3) is 0 Å². The van der Waals surface area contributed by atoms with Gasteiger partial charge in [0, 0.05) is 5.69 Å². The number of halogens is 3. The van der Waals surface area contributed by atoms with Gasteiger partial charge < -0.3 is 11.1 Å². The van der Waals surface area contributed by atoms with Gasteiger partial charge in [0.05, 0.1) is 16.9 Å². The van der Waals surface area contributed by atoms with Crippen LogP contribution in [-0.4, -0.2) is 15.5 Å². The Labute approximate surface area is 122 Å². The molecule has 0 bridgehead atoms. The summed E-state index contributed by atoms with van der Waals surface area (Å²) in [6, 6.07) is 3.19. The second-order valence-electron chi connectivity index (χ2n) is 4.16. The predicted octanol–water partition coefficient (Wildman–Crippen LogP) is 2.95. The number of nitrogens with two attached hydrogens (primary N) is 1. The van der Waals surface area contributed by atoms with E-state index in [1.54, 1.807) is 6.92 Å². The lowest BCUT2D eigenvalue weighted by Gasteiger charge is -2.14. The average molecular weight is 316 g/mol. The zero-order valence-corrected chi connectivity index (χ0v) is 11.7. The fourth-order valence-electron chi connectivity index (χ4n) is 1.70. The van der Waals surface area contributed by atoms with Crippen LogP contribution in [0.1, 0.15) is 27.9 Å². The van der Waals surface area contributed by atoms with E-state index < -0.39 is 17.6 Å². The van der Waals surface area contributed by atoms with E-state index in [-0.39, 0.29) is 16.3 Å². The van der Waals surface area contributed by atoms with Crippen LogP contribution in [-0.2, 0) is 12.6 Å². The maximum Gasteiger partial charge on any atom is 0.418 e. The van der Waals surface area contributed by atoms with Crippen molar-refractivity contribution in [2.75, 3.05) is 11.1 Å². The molecule has 21 heavy (non-hydrogen) atoms. The van der Waals surface area contributed by atoms with E-state index in [1.807, 2.05) is 0 Å². The van der Waals surface area contributed by atoms with Crippen molar-refractivity contribution in [3.05, 3.63) is 34.3 Å². The molecule has 5 nitrogen and oxygen atoms in total. The summed E-state index contributed by atoms with van der Waals surface area (Å²) in [6.45, 7) is 1.78. The van der Waals surface area contributed by atoms with E-state index in [0.29, 0.717) is 12.1 Å². The number of rotatable bonds is 3.